The standard InChI is InChI=1S/C16H15BrCl3N/c1-2-7-21-16(10-3-6-13(17)15(20)8-10)12-5-4-11(18)9-14(12)19/h3-6,8-9,16,21H,2,7H2,1H3. The van der Waals surface area contributed by atoms with E-state index in [-0.39, 0.29) is 6.04 Å². The van der Waals surface area contributed by atoms with Gasteiger partial charge in [0, 0.05) is 14.5 Å². The predicted molar refractivity (Wildman–Crippen MR) is 95.8 cm³/mol. The van der Waals surface area contributed by atoms with Gasteiger partial charge in [0.2, 0.25) is 0 Å². The zero-order valence-corrected chi connectivity index (χ0v) is 15.3. The average molecular weight is 408 g/mol. The van der Waals surface area contributed by atoms with E-state index < -0.39 is 0 Å². The molecule has 0 amide bonds. The summed E-state index contributed by atoms with van der Waals surface area (Å²) in [7, 11) is 0. The molecule has 5 heteroatoms. The topological polar surface area (TPSA) is 12.0 Å². The van der Waals surface area contributed by atoms with E-state index in [1.807, 2.05) is 30.3 Å². The van der Waals surface area contributed by atoms with Crippen LogP contribution in [-0.2, 0) is 0 Å². The molecular formula is C16H15BrCl3N. The first kappa shape index (κ1) is 17.1. The van der Waals surface area contributed by atoms with E-state index in [0.717, 1.165) is 28.6 Å². The molecule has 1 N–H and O–H groups in total. The third kappa shape index (κ3) is 4.37. The molecule has 0 aliphatic heterocycles. The fourth-order valence-electron chi connectivity index (χ4n) is 2.12. The largest absolute Gasteiger partial charge is 0.306 e. The van der Waals surface area contributed by atoms with Crippen LogP contribution in [0.2, 0.25) is 15.1 Å². The van der Waals surface area contributed by atoms with Crippen LogP contribution in [0.5, 0.6) is 0 Å². The van der Waals surface area contributed by atoms with Gasteiger partial charge in [-0.2, -0.15) is 0 Å². The minimum absolute atomic E-state index is 0.0136. The Morgan fingerprint density at radius 1 is 1.05 bits per heavy atom. The number of nitrogens with one attached hydrogen (secondary N) is 1. The molecule has 0 spiro atoms. The Kier molecular flexibility index (Phi) is 6.39. The van der Waals surface area contributed by atoms with Crippen molar-refractivity contribution < 1.29 is 0 Å². The molecule has 21 heavy (non-hydrogen) atoms. The Labute approximate surface area is 148 Å². The van der Waals surface area contributed by atoms with Crippen molar-refractivity contribution in [2.24, 2.45) is 0 Å². The molecule has 0 aromatic heterocycles. The van der Waals surface area contributed by atoms with Gasteiger partial charge < -0.3 is 5.32 Å². The number of benzene rings is 2. The molecule has 2 rings (SSSR count). The van der Waals surface area contributed by atoms with E-state index >= 15 is 0 Å². The van der Waals surface area contributed by atoms with Gasteiger partial charge in [-0.1, -0.05) is 53.9 Å². The molecule has 1 nitrogen and oxygen atoms in total. The minimum Gasteiger partial charge on any atom is -0.306 e. The molecule has 0 heterocycles. The highest BCUT2D eigenvalue weighted by atomic mass is 79.9. The number of hydrogen-bond acceptors (Lipinski definition) is 1. The van der Waals surface area contributed by atoms with Crippen molar-refractivity contribution in [1.29, 1.82) is 0 Å². The quantitative estimate of drug-likeness (QED) is 0.597. The van der Waals surface area contributed by atoms with Gasteiger partial charge in [-0.15, -0.1) is 0 Å². The lowest BCUT2D eigenvalue weighted by Gasteiger charge is -2.21. The summed E-state index contributed by atoms with van der Waals surface area (Å²) >= 11 is 22.0. The van der Waals surface area contributed by atoms with Gasteiger partial charge in [0.25, 0.3) is 0 Å². The van der Waals surface area contributed by atoms with Crippen LogP contribution < -0.4 is 5.32 Å². The minimum atomic E-state index is -0.0136. The van der Waals surface area contributed by atoms with Crippen LogP contribution in [0.3, 0.4) is 0 Å². The van der Waals surface area contributed by atoms with E-state index in [1.54, 1.807) is 6.07 Å². The summed E-state index contributed by atoms with van der Waals surface area (Å²) in [6.07, 6.45) is 1.03. The number of halogens is 4. The van der Waals surface area contributed by atoms with E-state index in [2.05, 4.69) is 28.2 Å². The van der Waals surface area contributed by atoms with Crippen molar-refractivity contribution in [2.75, 3.05) is 6.54 Å². The van der Waals surface area contributed by atoms with Crippen LogP contribution >= 0.6 is 50.7 Å². The van der Waals surface area contributed by atoms with E-state index in [0.29, 0.717) is 15.1 Å². The van der Waals surface area contributed by atoms with Crippen molar-refractivity contribution in [1.82, 2.24) is 5.32 Å². The van der Waals surface area contributed by atoms with Crippen LogP contribution in [0.1, 0.15) is 30.5 Å². The zero-order valence-electron chi connectivity index (χ0n) is 11.5. The maximum atomic E-state index is 6.36. The third-order valence-corrected chi connectivity index (χ3v) is 4.94. The predicted octanol–water partition coefficient (Wildman–Crippen LogP) is 6.50. The molecule has 2 aromatic rings. The summed E-state index contributed by atoms with van der Waals surface area (Å²) in [6, 6.07) is 11.5. The molecule has 2 aromatic carbocycles. The number of rotatable bonds is 5. The van der Waals surface area contributed by atoms with Crippen molar-refractivity contribution >= 4 is 50.7 Å². The van der Waals surface area contributed by atoms with Crippen LogP contribution in [0, 0.1) is 0 Å². The van der Waals surface area contributed by atoms with Crippen molar-refractivity contribution in [3.8, 4) is 0 Å². The summed E-state index contributed by atoms with van der Waals surface area (Å²) in [5.74, 6) is 0. The van der Waals surface area contributed by atoms with Gasteiger partial charge in [0.15, 0.2) is 0 Å². The molecule has 0 fully saturated rings. The molecule has 0 aliphatic carbocycles. The second-order valence-electron chi connectivity index (χ2n) is 4.73. The van der Waals surface area contributed by atoms with Crippen LogP contribution in [0.25, 0.3) is 0 Å². The highest BCUT2D eigenvalue weighted by Gasteiger charge is 2.17. The van der Waals surface area contributed by atoms with Crippen LogP contribution in [-0.4, -0.2) is 6.54 Å². The summed E-state index contributed by atoms with van der Waals surface area (Å²) in [4.78, 5) is 0. The Hall–Kier alpha value is -0.250. The highest BCUT2D eigenvalue weighted by Crippen LogP contribution is 2.33. The smallest absolute Gasteiger partial charge is 0.0592 e. The SMILES string of the molecule is CCCNC(c1ccc(Br)c(Cl)c1)c1ccc(Cl)cc1Cl. The first-order valence-corrected chi connectivity index (χ1v) is 8.59. The normalized spacial score (nSPS) is 12.4. The zero-order chi connectivity index (χ0) is 15.4. The lowest BCUT2D eigenvalue weighted by molar-refractivity contribution is 0.599. The summed E-state index contributed by atoms with van der Waals surface area (Å²) in [5.41, 5.74) is 2.06. The van der Waals surface area contributed by atoms with Gasteiger partial charge in [0.05, 0.1) is 11.1 Å². The second kappa shape index (κ2) is 7.85. The van der Waals surface area contributed by atoms with Gasteiger partial charge in [0.1, 0.15) is 0 Å². The van der Waals surface area contributed by atoms with E-state index in [9.17, 15) is 0 Å². The Bertz CT molecular complexity index is 631. The lowest BCUT2D eigenvalue weighted by Crippen LogP contribution is -2.23. The maximum Gasteiger partial charge on any atom is 0.0592 e. The first-order chi connectivity index (χ1) is 10.0. The molecule has 0 bridgehead atoms. The Morgan fingerprint density at radius 2 is 1.81 bits per heavy atom. The molecule has 0 saturated heterocycles. The molecular weight excluding hydrogens is 392 g/mol. The summed E-state index contributed by atoms with van der Waals surface area (Å²) in [5, 5.41) is 5.47. The number of hydrogen-bond donors (Lipinski definition) is 1. The molecule has 1 atom stereocenters. The fourth-order valence-corrected chi connectivity index (χ4v) is 3.08. The molecule has 112 valence electrons. The van der Waals surface area contributed by atoms with Gasteiger partial charge in [-0.25, -0.2) is 0 Å². The average Bonchev–Trinajstić information content (AvgIpc) is 2.44. The molecule has 0 radical (unpaired) electrons. The van der Waals surface area contributed by atoms with Crippen molar-refractivity contribution in [3.05, 3.63) is 67.1 Å². The Morgan fingerprint density at radius 3 is 2.43 bits per heavy atom. The fraction of sp³-hybridized carbons (Fsp3) is 0.250. The van der Waals surface area contributed by atoms with E-state index in [4.69, 9.17) is 34.8 Å². The van der Waals surface area contributed by atoms with Crippen molar-refractivity contribution in [3.63, 3.8) is 0 Å². The molecule has 0 saturated carbocycles. The van der Waals surface area contributed by atoms with Gasteiger partial charge in [-0.05, 0) is 64.3 Å². The highest BCUT2D eigenvalue weighted by molar-refractivity contribution is 9.10. The molecule has 1 unspecified atom stereocenters. The van der Waals surface area contributed by atoms with E-state index in [1.165, 1.54) is 0 Å². The monoisotopic (exact) mass is 405 g/mol. The lowest BCUT2D eigenvalue weighted by atomic mass is 9.98. The maximum absolute atomic E-state index is 6.36. The first-order valence-electron chi connectivity index (χ1n) is 6.66. The van der Waals surface area contributed by atoms with Crippen molar-refractivity contribution in [2.45, 2.75) is 19.4 Å². The molecule has 0 aliphatic rings. The second-order valence-corrected chi connectivity index (χ2v) is 6.83. The third-order valence-electron chi connectivity index (χ3n) is 3.15. The summed E-state index contributed by atoms with van der Waals surface area (Å²) in [6.45, 7) is 3.01. The summed E-state index contributed by atoms with van der Waals surface area (Å²) < 4.78 is 0.879. The van der Waals surface area contributed by atoms with Gasteiger partial charge in [-0.3, -0.25) is 0 Å². The van der Waals surface area contributed by atoms with Crippen LogP contribution in [0.4, 0.5) is 0 Å². The van der Waals surface area contributed by atoms with Crippen LogP contribution in [0.15, 0.2) is 40.9 Å². The van der Waals surface area contributed by atoms with Gasteiger partial charge >= 0.3 is 0 Å². The Balaban J connectivity index is 2.44.